The Hall–Kier alpha value is -2.62. The number of carboxylic acids is 1. The van der Waals surface area contributed by atoms with Crippen LogP contribution in [-0.2, 0) is 19.3 Å². The van der Waals surface area contributed by atoms with Gasteiger partial charge in [0.25, 0.3) is 0 Å². The van der Waals surface area contributed by atoms with Crippen LogP contribution in [0.25, 0.3) is 0 Å². The van der Waals surface area contributed by atoms with E-state index >= 15 is 0 Å². The van der Waals surface area contributed by atoms with E-state index in [1.54, 1.807) is 19.9 Å². The zero-order valence-electron chi connectivity index (χ0n) is 17.7. The molecule has 31 heavy (non-hydrogen) atoms. The summed E-state index contributed by atoms with van der Waals surface area (Å²) in [5.41, 5.74) is -0.0232. The highest BCUT2D eigenvalue weighted by molar-refractivity contribution is 7.90. The second kappa shape index (κ2) is 9.25. The Bertz CT molecular complexity index is 1020. The van der Waals surface area contributed by atoms with Crippen LogP contribution in [0.4, 0.5) is 0 Å². The van der Waals surface area contributed by atoms with Crippen LogP contribution >= 0.6 is 0 Å². The third-order valence-corrected chi connectivity index (χ3v) is 5.66. The molecule has 3 rings (SSSR count). The summed E-state index contributed by atoms with van der Waals surface area (Å²) < 4.78 is 46.3. The SMILES string of the molecule is CC(C)(Oc1cc(Oc2ccc(S(C)(=O)=O)cc2)cc(C(=O)O)c1)OC1CCCCO1. The van der Waals surface area contributed by atoms with Crippen LogP contribution in [0.5, 0.6) is 17.2 Å². The van der Waals surface area contributed by atoms with Crippen molar-refractivity contribution in [3.05, 3.63) is 48.0 Å². The molecule has 0 aliphatic carbocycles. The topological polar surface area (TPSA) is 108 Å². The Morgan fingerprint density at radius 3 is 2.32 bits per heavy atom. The third-order valence-electron chi connectivity index (χ3n) is 4.53. The fraction of sp³-hybridized carbons (Fsp3) is 0.409. The molecule has 1 saturated heterocycles. The number of sulfone groups is 1. The minimum Gasteiger partial charge on any atom is -0.478 e. The molecule has 1 fully saturated rings. The second-order valence-corrected chi connectivity index (χ2v) is 9.78. The van der Waals surface area contributed by atoms with Crippen LogP contribution in [0, 0.1) is 0 Å². The van der Waals surface area contributed by atoms with E-state index in [9.17, 15) is 18.3 Å². The van der Waals surface area contributed by atoms with Crippen molar-refractivity contribution in [1.29, 1.82) is 0 Å². The third kappa shape index (κ3) is 6.68. The molecule has 0 radical (unpaired) electrons. The van der Waals surface area contributed by atoms with Crippen molar-refractivity contribution < 1.29 is 37.3 Å². The van der Waals surface area contributed by atoms with Gasteiger partial charge in [0.05, 0.1) is 10.5 Å². The first-order chi connectivity index (χ1) is 14.5. The van der Waals surface area contributed by atoms with Gasteiger partial charge in [-0.3, -0.25) is 0 Å². The highest BCUT2D eigenvalue weighted by Crippen LogP contribution is 2.31. The van der Waals surface area contributed by atoms with E-state index in [1.807, 2.05) is 0 Å². The Morgan fingerprint density at radius 1 is 1.06 bits per heavy atom. The van der Waals surface area contributed by atoms with Crippen LogP contribution in [0.1, 0.15) is 43.5 Å². The summed E-state index contributed by atoms with van der Waals surface area (Å²) >= 11 is 0. The van der Waals surface area contributed by atoms with Crippen molar-refractivity contribution >= 4 is 15.8 Å². The van der Waals surface area contributed by atoms with Gasteiger partial charge in [-0.2, -0.15) is 0 Å². The lowest BCUT2D eigenvalue weighted by Crippen LogP contribution is -2.38. The van der Waals surface area contributed by atoms with Crippen molar-refractivity contribution in [2.75, 3.05) is 12.9 Å². The molecule has 0 aromatic heterocycles. The molecule has 1 N–H and O–H groups in total. The van der Waals surface area contributed by atoms with Gasteiger partial charge in [-0.15, -0.1) is 0 Å². The summed E-state index contributed by atoms with van der Waals surface area (Å²) in [6.07, 6.45) is 3.50. The van der Waals surface area contributed by atoms with Crippen LogP contribution in [-0.4, -0.2) is 44.4 Å². The first-order valence-corrected chi connectivity index (χ1v) is 11.8. The zero-order chi connectivity index (χ0) is 22.6. The molecule has 0 saturated carbocycles. The predicted octanol–water partition coefficient (Wildman–Crippen LogP) is 4.24. The van der Waals surface area contributed by atoms with Gasteiger partial charge < -0.3 is 24.1 Å². The molecule has 1 aliphatic rings. The van der Waals surface area contributed by atoms with Crippen LogP contribution in [0.3, 0.4) is 0 Å². The number of benzene rings is 2. The van der Waals surface area contributed by atoms with Crippen molar-refractivity contribution in [2.45, 2.75) is 50.1 Å². The molecule has 1 heterocycles. The predicted molar refractivity (Wildman–Crippen MR) is 112 cm³/mol. The molecule has 8 nitrogen and oxygen atoms in total. The Kier molecular flexibility index (Phi) is 6.88. The largest absolute Gasteiger partial charge is 0.478 e. The molecule has 2 aromatic rings. The van der Waals surface area contributed by atoms with E-state index < -0.39 is 21.6 Å². The maximum atomic E-state index is 11.6. The summed E-state index contributed by atoms with van der Waals surface area (Å²) in [6.45, 7) is 4.08. The van der Waals surface area contributed by atoms with Gasteiger partial charge in [-0.25, -0.2) is 13.2 Å². The number of rotatable bonds is 8. The van der Waals surface area contributed by atoms with E-state index in [1.165, 1.54) is 36.4 Å². The maximum absolute atomic E-state index is 11.6. The van der Waals surface area contributed by atoms with Gasteiger partial charge in [0.2, 0.25) is 5.79 Å². The van der Waals surface area contributed by atoms with Crippen LogP contribution in [0.2, 0.25) is 0 Å². The lowest BCUT2D eigenvalue weighted by atomic mass is 10.2. The van der Waals surface area contributed by atoms with Crippen LogP contribution in [0.15, 0.2) is 47.4 Å². The summed E-state index contributed by atoms with van der Waals surface area (Å²) in [5.74, 6) is -1.37. The lowest BCUT2D eigenvalue weighted by Gasteiger charge is -2.33. The number of ether oxygens (including phenoxy) is 4. The number of carbonyl (C=O) groups is 1. The highest BCUT2D eigenvalue weighted by Gasteiger charge is 2.28. The van der Waals surface area contributed by atoms with E-state index in [-0.39, 0.29) is 28.2 Å². The average molecular weight is 451 g/mol. The molecule has 0 amide bonds. The van der Waals surface area contributed by atoms with Crippen molar-refractivity contribution in [1.82, 2.24) is 0 Å². The van der Waals surface area contributed by atoms with Gasteiger partial charge in [0.1, 0.15) is 17.2 Å². The molecule has 168 valence electrons. The lowest BCUT2D eigenvalue weighted by molar-refractivity contribution is -0.272. The summed E-state index contributed by atoms with van der Waals surface area (Å²) in [4.78, 5) is 11.7. The number of carboxylic acid groups (broad SMARTS) is 1. The molecule has 1 atom stereocenters. The van der Waals surface area contributed by atoms with Gasteiger partial charge >= 0.3 is 5.97 Å². The van der Waals surface area contributed by atoms with Crippen molar-refractivity contribution in [2.24, 2.45) is 0 Å². The molecule has 1 unspecified atom stereocenters. The van der Waals surface area contributed by atoms with Crippen molar-refractivity contribution in [3.8, 4) is 17.2 Å². The normalized spacial score (nSPS) is 17.2. The Morgan fingerprint density at radius 2 is 1.74 bits per heavy atom. The molecule has 1 aliphatic heterocycles. The molecule has 0 bridgehead atoms. The smallest absolute Gasteiger partial charge is 0.335 e. The second-order valence-electron chi connectivity index (χ2n) is 7.76. The fourth-order valence-electron chi connectivity index (χ4n) is 3.13. The van der Waals surface area contributed by atoms with E-state index in [0.29, 0.717) is 12.4 Å². The van der Waals surface area contributed by atoms with Crippen LogP contribution < -0.4 is 9.47 Å². The van der Waals surface area contributed by atoms with Gasteiger partial charge in [-0.1, -0.05) is 0 Å². The fourth-order valence-corrected chi connectivity index (χ4v) is 3.76. The Labute approximate surface area is 181 Å². The molecule has 0 spiro atoms. The summed E-state index contributed by atoms with van der Waals surface area (Å²) in [7, 11) is -3.33. The quantitative estimate of drug-likeness (QED) is 0.595. The first kappa shape index (κ1) is 23.1. The monoisotopic (exact) mass is 450 g/mol. The number of hydrogen-bond acceptors (Lipinski definition) is 7. The van der Waals surface area contributed by atoms with E-state index in [2.05, 4.69) is 0 Å². The van der Waals surface area contributed by atoms with Gasteiger partial charge in [-0.05, 0) is 55.7 Å². The van der Waals surface area contributed by atoms with E-state index in [0.717, 1.165) is 25.5 Å². The molecule has 9 heteroatoms. The van der Waals surface area contributed by atoms with Gasteiger partial charge in [0.15, 0.2) is 16.1 Å². The summed E-state index contributed by atoms with van der Waals surface area (Å²) in [5, 5.41) is 9.46. The van der Waals surface area contributed by atoms with Gasteiger partial charge in [0, 0.05) is 32.8 Å². The molecular weight excluding hydrogens is 424 g/mol. The van der Waals surface area contributed by atoms with Crippen molar-refractivity contribution in [3.63, 3.8) is 0 Å². The molecular formula is C22H26O8S. The number of hydrogen-bond donors (Lipinski definition) is 1. The minimum atomic E-state index is -3.33. The average Bonchev–Trinajstić information content (AvgIpc) is 2.67. The summed E-state index contributed by atoms with van der Waals surface area (Å²) in [6, 6.07) is 10.1. The first-order valence-electron chi connectivity index (χ1n) is 9.87. The maximum Gasteiger partial charge on any atom is 0.335 e. The Balaban J connectivity index is 1.79. The number of aromatic carboxylic acids is 1. The molecule has 2 aromatic carbocycles. The zero-order valence-corrected chi connectivity index (χ0v) is 18.5. The minimum absolute atomic E-state index is 0.0232. The standard InChI is InChI=1S/C22H26O8S/c1-22(2,30-20-6-4-5-11-27-20)29-18-13-15(21(23)24)12-17(14-18)28-16-7-9-19(10-8-16)31(3,25)26/h7-10,12-14,20H,4-6,11H2,1-3H3,(H,23,24). The highest BCUT2D eigenvalue weighted by atomic mass is 32.2. The van der Waals surface area contributed by atoms with E-state index in [4.69, 9.17) is 18.9 Å².